The number of amides is 1. The summed E-state index contributed by atoms with van der Waals surface area (Å²) in [5.41, 5.74) is 4.87. The molecule has 1 saturated heterocycles. The maximum Gasteiger partial charge on any atom is 0.416 e. The van der Waals surface area contributed by atoms with E-state index in [0.717, 1.165) is 12.1 Å². The van der Waals surface area contributed by atoms with Crippen LogP contribution in [-0.2, 0) is 22.3 Å². The molecule has 8 heteroatoms. The second kappa shape index (κ2) is 6.44. The van der Waals surface area contributed by atoms with Crippen LogP contribution in [0.25, 0.3) is 0 Å². The van der Waals surface area contributed by atoms with Gasteiger partial charge in [0.15, 0.2) is 0 Å². The van der Waals surface area contributed by atoms with Crippen molar-refractivity contribution in [1.82, 2.24) is 4.90 Å². The highest BCUT2D eigenvalue weighted by molar-refractivity contribution is 6.30. The molecule has 0 bridgehead atoms. The van der Waals surface area contributed by atoms with E-state index in [9.17, 15) is 18.0 Å². The minimum absolute atomic E-state index is 0.0255. The molecule has 1 heterocycles. The first-order valence-electron chi connectivity index (χ1n) is 6.69. The Balaban J connectivity index is 2.16. The first-order chi connectivity index (χ1) is 10.1. The SMILES string of the molecule is C[C@@H]1CN(Cc2cc(Cl)cc(C(F)(F)F)c2)C[C@H](C(N)=O)O1. The van der Waals surface area contributed by atoms with E-state index in [1.165, 1.54) is 6.07 Å². The van der Waals surface area contributed by atoms with Gasteiger partial charge in [0.05, 0.1) is 11.7 Å². The quantitative estimate of drug-likeness (QED) is 0.922. The smallest absolute Gasteiger partial charge is 0.367 e. The molecule has 4 nitrogen and oxygen atoms in total. The van der Waals surface area contributed by atoms with Gasteiger partial charge in [0.25, 0.3) is 0 Å². The second-order valence-electron chi connectivity index (χ2n) is 5.38. The van der Waals surface area contributed by atoms with Crippen LogP contribution in [-0.4, -0.2) is 36.1 Å². The minimum atomic E-state index is -4.45. The number of nitrogens with zero attached hydrogens (tertiary/aromatic N) is 1. The molecule has 2 N–H and O–H groups in total. The highest BCUT2D eigenvalue weighted by atomic mass is 35.5. The third kappa shape index (κ3) is 4.34. The predicted octanol–water partition coefficient (Wildman–Crippen LogP) is 2.43. The number of morpholine rings is 1. The Morgan fingerprint density at radius 1 is 1.41 bits per heavy atom. The van der Waals surface area contributed by atoms with Gasteiger partial charge in [0.2, 0.25) is 5.91 Å². The molecular formula is C14H16ClF3N2O2. The number of carbonyl (C=O) groups is 1. The molecule has 1 aliphatic heterocycles. The number of alkyl halides is 3. The predicted molar refractivity (Wildman–Crippen MR) is 75.3 cm³/mol. The molecule has 22 heavy (non-hydrogen) atoms. The van der Waals surface area contributed by atoms with Crippen molar-refractivity contribution in [1.29, 1.82) is 0 Å². The molecule has 1 aromatic carbocycles. The monoisotopic (exact) mass is 336 g/mol. The van der Waals surface area contributed by atoms with E-state index >= 15 is 0 Å². The van der Waals surface area contributed by atoms with Crippen LogP contribution < -0.4 is 5.73 Å². The molecule has 1 amide bonds. The summed E-state index contributed by atoms with van der Waals surface area (Å²) in [4.78, 5) is 13.1. The van der Waals surface area contributed by atoms with Crippen LogP contribution in [0.1, 0.15) is 18.1 Å². The van der Waals surface area contributed by atoms with Crippen molar-refractivity contribution in [3.63, 3.8) is 0 Å². The lowest BCUT2D eigenvalue weighted by molar-refractivity contribution is -0.142. The molecule has 122 valence electrons. The highest BCUT2D eigenvalue weighted by Crippen LogP contribution is 2.32. The summed E-state index contributed by atoms with van der Waals surface area (Å²) in [6, 6.07) is 3.43. The van der Waals surface area contributed by atoms with Crippen molar-refractivity contribution in [2.75, 3.05) is 13.1 Å². The van der Waals surface area contributed by atoms with Gasteiger partial charge < -0.3 is 10.5 Å². The van der Waals surface area contributed by atoms with Crippen molar-refractivity contribution in [2.24, 2.45) is 5.73 Å². The standard InChI is InChI=1S/C14H16ClF3N2O2/c1-8-5-20(7-12(22-8)13(19)21)6-9-2-10(14(16,17)18)4-11(15)3-9/h2-4,8,12H,5-7H2,1H3,(H2,19,21)/t8-,12-/m1/s1. The van der Waals surface area contributed by atoms with E-state index in [0.29, 0.717) is 12.1 Å². The summed E-state index contributed by atoms with van der Waals surface area (Å²) in [6.45, 7) is 2.76. The summed E-state index contributed by atoms with van der Waals surface area (Å²) >= 11 is 5.76. The van der Waals surface area contributed by atoms with Crippen molar-refractivity contribution in [2.45, 2.75) is 31.9 Å². The topological polar surface area (TPSA) is 55.6 Å². The number of carbonyl (C=O) groups excluding carboxylic acids is 1. The molecule has 0 aliphatic carbocycles. The Bertz CT molecular complexity index is 566. The number of nitrogens with two attached hydrogens (primary N) is 1. The molecule has 0 unspecified atom stereocenters. The van der Waals surface area contributed by atoms with Crippen LogP contribution in [0.15, 0.2) is 18.2 Å². The minimum Gasteiger partial charge on any atom is -0.367 e. The summed E-state index contributed by atoms with van der Waals surface area (Å²) in [5.74, 6) is -0.585. The van der Waals surface area contributed by atoms with Crippen LogP contribution in [0.2, 0.25) is 5.02 Å². The Hall–Kier alpha value is -1.31. The molecule has 1 aliphatic rings. The third-order valence-electron chi connectivity index (χ3n) is 3.34. The molecule has 0 aromatic heterocycles. The van der Waals surface area contributed by atoms with E-state index in [2.05, 4.69) is 0 Å². The molecular weight excluding hydrogens is 321 g/mol. The summed E-state index contributed by atoms with van der Waals surface area (Å²) < 4.78 is 43.8. The average molecular weight is 337 g/mol. The third-order valence-corrected chi connectivity index (χ3v) is 3.56. The lowest BCUT2D eigenvalue weighted by atomic mass is 10.1. The number of hydrogen-bond acceptors (Lipinski definition) is 3. The van der Waals surface area contributed by atoms with Crippen molar-refractivity contribution < 1.29 is 22.7 Å². The zero-order valence-electron chi connectivity index (χ0n) is 11.9. The van der Waals surface area contributed by atoms with Crippen LogP contribution in [0, 0.1) is 0 Å². The fraction of sp³-hybridized carbons (Fsp3) is 0.500. The molecule has 2 rings (SSSR count). The van der Waals surface area contributed by atoms with Gasteiger partial charge in [0, 0.05) is 24.7 Å². The molecule has 2 atom stereocenters. The van der Waals surface area contributed by atoms with Gasteiger partial charge in [-0.3, -0.25) is 9.69 Å². The Morgan fingerprint density at radius 3 is 2.68 bits per heavy atom. The van der Waals surface area contributed by atoms with Crippen LogP contribution in [0.5, 0.6) is 0 Å². The first-order valence-corrected chi connectivity index (χ1v) is 7.06. The van der Waals surface area contributed by atoms with Crippen LogP contribution in [0.4, 0.5) is 13.2 Å². The fourth-order valence-electron chi connectivity index (χ4n) is 2.49. The number of halogens is 4. The van der Waals surface area contributed by atoms with E-state index < -0.39 is 23.8 Å². The maximum atomic E-state index is 12.8. The van der Waals surface area contributed by atoms with Gasteiger partial charge in [-0.15, -0.1) is 0 Å². The molecule has 0 radical (unpaired) electrons. The van der Waals surface area contributed by atoms with Crippen LogP contribution in [0.3, 0.4) is 0 Å². The van der Waals surface area contributed by atoms with E-state index in [4.69, 9.17) is 22.1 Å². The number of benzene rings is 1. The van der Waals surface area contributed by atoms with Gasteiger partial charge in [-0.1, -0.05) is 11.6 Å². The second-order valence-corrected chi connectivity index (χ2v) is 5.81. The van der Waals surface area contributed by atoms with Gasteiger partial charge >= 0.3 is 6.18 Å². The van der Waals surface area contributed by atoms with Crippen molar-refractivity contribution >= 4 is 17.5 Å². The van der Waals surface area contributed by atoms with E-state index in [1.807, 2.05) is 4.90 Å². The number of hydrogen-bond donors (Lipinski definition) is 1. The normalized spacial score (nSPS) is 23.5. The largest absolute Gasteiger partial charge is 0.416 e. The van der Waals surface area contributed by atoms with E-state index in [1.54, 1.807) is 6.92 Å². The summed E-state index contributed by atoms with van der Waals surface area (Å²) in [5, 5.41) is 0.0255. The Labute approximate surface area is 131 Å². The van der Waals surface area contributed by atoms with Gasteiger partial charge in [-0.2, -0.15) is 13.2 Å². The zero-order valence-corrected chi connectivity index (χ0v) is 12.6. The Morgan fingerprint density at radius 2 is 2.09 bits per heavy atom. The van der Waals surface area contributed by atoms with Gasteiger partial charge in [-0.25, -0.2) is 0 Å². The molecule has 1 fully saturated rings. The number of rotatable bonds is 3. The number of primary amides is 1. The first kappa shape index (κ1) is 17.1. The lowest BCUT2D eigenvalue weighted by Crippen LogP contribution is -2.51. The van der Waals surface area contributed by atoms with E-state index in [-0.39, 0.29) is 24.2 Å². The van der Waals surface area contributed by atoms with Crippen molar-refractivity contribution in [3.8, 4) is 0 Å². The Kier molecular flexibility index (Phi) is 4.99. The number of ether oxygens (including phenoxy) is 1. The molecule has 0 saturated carbocycles. The summed E-state index contributed by atoms with van der Waals surface area (Å²) in [6.07, 6.45) is -5.44. The maximum absolute atomic E-state index is 12.8. The van der Waals surface area contributed by atoms with Gasteiger partial charge in [0.1, 0.15) is 6.10 Å². The fourth-order valence-corrected chi connectivity index (χ4v) is 2.75. The van der Waals surface area contributed by atoms with Gasteiger partial charge in [-0.05, 0) is 30.7 Å². The molecule has 0 spiro atoms. The average Bonchev–Trinajstić information content (AvgIpc) is 2.36. The van der Waals surface area contributed by atoms with Crippen molar-refractivity contribution in [3.05, 3.63) is 34.3 Å². The molecule has 1 aromatic rings. The summed E-state index contributed by atoms with van der Waals surface area (Å²) in [7, 11) is 0. The van der Waals surface area contributed by atoms with Crippen LogP contribution >= 0.6 is 11.6 Å². The zero-order chi connectivity index (χ0) is 16.5. The highest BCUT2D eigenvalue weighted by Gasteiger charge is 2.32. The lowest BCUT2D eigenvalue weighted by Gasteiger charge is -2.35.